The molecular weight excluding hydrogens is 386 g/mol. The zero-order valence-corrected chi connectivity index (χ0v) is 17.1. The number of rotatable bonds is 10. The van der Waals surface area contributed by atoms with E-state index in [-0.39, 0.29) is 16.5 Å². The van der Waals surface area contributed by atoms with Crippen LogP contribution in [0.25, 0.3) is 0 Å². The highest BCUT2D eigenvalue weighted by Crippen LogP contribution is 2.12. The molecule has 0 saturated carbocycles. The molecule has 1 rings (SSSR count). The minimum Gasteiger partial charge on any atom is -0.452 e. The van der Waals surface area contributed by atoms with Crippen molar-refractivity contribution in [2.24, 2.45) is 0 Å². The van der Waals surface area contributed by atoms with E-state index >= 15 is 0 Å². The van der Waals surface area contributed by atoms with Gasteiger partial charge in [-0.2, -0.15) is 0 Å². The fourth-order valence-electron chi connectivity index (χ4n) is 1.99. The fraction of sp³-hybridized carbons (Fsp3) is 0.500. The van der Waals surface area contributed by atoms with Crippen molar-refractivity contribution >= 4 is 27.9 Å². The van der Waals surface area contributed by atoms with Gasteiger partial charge in [-0.15, -0.1) is 0 Å². The molecule has 3 amide bonds. The van der Waals surface area contributed by atoms with Crippen LogP contribution in [-0.4, -0.2) is 45.5 Å². The van der Waals surface area contributed by atoms with Gasteiger partial charge >= 0.3 is 12.0 Å². The largest absolute Gasteiger partial charge is 0.452 e. The second-order valence-electron chi connectivity index (χ2n) is 6.19. The Bertz CT molecular complexity index is 777. The van der Waals surface area contributed by atoms with E-state index < -0.39 is 34.5 Å². The van der Waals surface area contributed by atoms with Gasteiger partial charge in [0.2, 0.25) is 10.0 Å². The van der Waals surface area contributed by atoms with Crippen molar-refractivity contribution in [1.29, 1.82) is 0 Å². The number of sulfonamides is 1. The first-order valence-corrected chi connectivity index (χ1v) is 10.5. The van der Waals surface area contributed by atoms with Crippen LogP contribution in [0.5, 0.6) is 0 Å². The van der Waals surface area contributed by atoms with Gasteiger partial charge < -0.3 is 10.1 Å². The van der Waals surface area contributed by atoms with Crippen molar-refractivity contribution < 1.29 is 27.5 Å². The number of unbranched alkanes of at least 4 members (excludes halogenated alkanes) is 1. The summed E-state index contributed by atoms with van der Waals surface area (Å²) in [5.41, 5.74) is 0.0858. The van der Waals surface area contributed by atoms with Crippen LogP contribution in [0.1, 0.15) is 50.4 Å². The molecule has 0 saturated heterocycles. The predicted octanol–water partition coefficient (Wildman–Crippen LogP) is 1.55. The molecule has 9 nitrogen and oxygen atoms in total. The van der Waals surface area contributed by atoms with E-state index in [0.29, 0.717) is 13.0 Å². The van der Waals surface area contributed by atoms with E-state index in [1.807, 2.05) is 19.2 Å². The Kier molecular flexibility index (Phi) is 9.60. The average Bonchev–Trinajstić information content (AvgIpc) is 2.66. The van der Waals surface area contributed by atoms with E-state index in [1.165, 1.54) is 24.3 Å². The number of benzene rings is 1. The molecule has 0 aliphatic heterocycles. The van der Waals surface area contributed by atoms with Gasteiger partial charge in [0, 0.05) is 12.6 Å². The number of nitrogens with one attached hydrogen (secondary N) is 3. The van der Waals surface area contributed by atoms with Gasteiger partial charge in [0.05, 0.1) is 10.5 Å². The van der Waals surface area contributed by atoms with E-state index in [2.05, 4.69) is 10.0 Å². The van der Waals surface area contributed by atoms with Crippen LogP contribution in [0.2, 0.25) is 0 Å². The SMILES string of the molecule is CCCCNC(=O)NC(=O)COC(=O)c1ccc(S(=O)(=O)NC(C)CC)cc1. The third kappa shape index (κ3) is 8.05. The van der Waals surface area contributed by atoms with Crippen LogP contribution in [-0.2, 0) is 19.6 Å². The number of amides is 3. The van der Waals surface area contributed by atoms with Crippen LogP contribution in [0.3, 0.4) is 0 Å². The highest BCUT2D eigenvalue weighted by atomic mass is 32.2. The highest BCUT2D eigenvalue weighted by molar-refractivity contribution is 7.89. The van der Waals surface area contributed by atoms with Crippen molar-refractivity contribution in [3.8, 4) is 0 Å². The van der Waals surface area contributed by atoms with Crippen molar-refractivity contribution in [3.63, 3.8) is 0 Å². The minimum absolute atomic E-state index is 0.0193. The topological polar surface area (TPSA) is 131 Å². The van der Waals surface area contributed by atoms with Gasteiger partial charge in [0.15, 0.2) is 6.61 Å². The molecule has 1 unspecified atom stereocenters. The van der Waals surface area contributed by atoms with Gasteiger partial charge in [-0.05, 0) is 44.0 Å². The van der Waals surface area contributed by atoms with E-state index in [4.69, 9.17) is 4.74 Å². The maximum absolute atomic E-state index is 12.2. The van der Waals surface area contributed by atoms with E-state index in [0.717, 1.165) is 12.8 Å². The third-order valence-corrected chi connectivity index (χ3v) is 5.38. The Morgan fingerprint density at radius 2 is 1.75 bits per heavy atom. The Labute approximate surface area is 165 Å². The van der Waals surface area contributed by atoms with Crippen LogP contribution >= 0.6 is 0 Å². The van der Waals surface area contributed by atoms with E-state index in [9.17, 15) is 22.8 Å². The summed E-state index contributed by atoms with van der Waals surface area (Å²) in [6, 6.07) is 4.28. The summed E-state index contributed by atoms with van der Waals surface area (Å²) in [6.45, 7) is 5.39. The lowest BCUT2D eigenvalue weighted by Gasteiger charge is -2.12. The zero-order valence-electron chi connectivity index (χ0n) is 16.3. The molecule has 0 aromatic heterocycles. The molecule has 156 valence electrons. The number of carbonyl (C=O) groups is 3. The number of imide groups is 1. The molecule has 0 aliphatic carbocycles. The predicted molar refractivity (Wildman–Crippen MR) is 103 cm³/mol. The average molecular weight is 413 g/mol. The molecule has 28 heavy (non-hydrogen) atoms. The molecule has 3 N–H and O–H groups in total. The van der Waals surface area contributed by atoms with Gasteiger partial charge in [0.25, 0.3) is 5.91 Å². The van der Waals surface area contributed by atoms with Crippen LogP contribution in [0, 0.1) is 0 Å². The Hall–Kier alpha value is -2.46. The molecule has 10 heteroatoms. The second-order valence-corrected chi connectivity index (χ2v) is 7.90. The van der Waals surface area contributed by atoms with E-state index in [1.54, 1.807) is 6.92 Å². The standard InChI is InChI=1S/C18H27N3O6S/c1-4-6-11-19-18(24)20-16(22)12-27-17(23)14-7-9-15(10-8-14)28(25,26)21-13(3)5-2/h7-10,13,21H,4-6,11-12H2,1-3H3,(H2,19,20,22,24). The first-order valence-electron chi connectivity index (χ1n) is 9.06. The van der Waals surface area contributed by atoms with Crippen molar-refractivity contribution in [2.45, 2.75) is 51.0 Å². The Morgan fingerprint density at radius 3 is 2.32 bits per heavy atom. The summed E-state index contributed by atoms with van der Waals surface area (Å²) in [6.07, 6.45) is 2.33. The molecular formula is C18H27N3O6S. The number of esters is 1. The maximum Gasteiger partial charge on any atom is 0.338 e. The lowest BCUT2D eigenvalue weighted by Crippen LogP contribution is -2.41. The molecule has 0 spiro atoms. The molecule has 1 aromatic rings. The quantitative estimate of drug-likeness (QED) is 0.394. The van der Waals surface area contributed by atoms with Gasteiger partial charge in [-0.1, -0.05) is 20.3 Å². The Balaban J connectivity index is 2.55. The summed E-state index contributed by atoms with van der Waals surface area (Å²) >= 11 is 0. The molecule has 0 radical (unpaired) electrons. The number of hydrogen-bond acceptors (Lipinski definition) is 6. The van der Waals surface area contributed by atoms with Crippen LogP contribution in [0.15, 0.2) is 29.2 Å². The summed E-state index contributed by atoms with van der Waals surface area (Å²) in [5.74, 6) is -1.57. The lowest BCUT2D eigenvalue weighted by molar-refractivity contribution is -0.123. The van der Waals surface area contributed by atoms with Gasteiger partial charge in [-0.3, -0.25) is 10.1 Å². The smallest absolute Gasteiger partial charge is 0.338 e. The summed E-state index contributed by atoms with van der Waals surface area (Å²) in [5, 5.41) is 4.54. The first-order chi connectivity index (χ1) is 13.2. The molecule has 0 fully saturated rings. The number of hydrogen-bond donors (Lipinski definition) is 3. The third-order valence-electron chi connectivity index (χ3n) is 3.77. The van der Waals surface area contributed by atoms with Crippen LogP contribution < -0.4 is 15.4 Å². The maximum atomic E-state index is 12.2. The normalized spacial score (nSPS) is 12.1. The summed E-state index contributed by atoms with van der Waals surface area (Å²) < 4.78 is 31.7. The molecule has 0 aliphatic rings. The monoisotopic (exact) mass is 413 g/mol. The number of urea groups is 1. The minimum atomic E-state index is -3.67. The van der Waals surface area contributed by atoms with Crippen molar-refractivity contribution in [1.82, 2.24) is 15.4 Å². The Morgan fingerprint density at radius 1 is 1.11 bits per heavy atom. The number of carbonyl (C=O) groups excluding carboxylic acids is 3. The first kappa shape index (κ1) is 23.6. The number of ether oxygens (including phenoxy) is 1. The van der Waals surface area contributed by atoms with Crippen molar-refractivity contribution in [2.75, 3.05) is 13.2 Å². The van der Waals surface area contributed by atoms with Gasteiger partial charge in [-0.25, -0.2) is 22.7 Å². The molecule has 0 heterocycles. The van der Waals surface area contributed by atoms with Crippen LogP contribution in [0.4, 0.5) is 4.79 Å². The van der Waals surface area contributed by atoms with Crippen molar-refractivity contribution in [3.05, 3.63) is 29.8 Å². The molecule has 1 aromatic carbocycles. The summed E-state index contributed by atoms with van der Waals surface area (Å²) in [7, 11) is -3.67. The molecule has 1 atom stereocenters. The zero-order chi connectivity index (χ0) is 21.2. The van der Waals surface area contributed by atoms with Gasteiger partial charge in [0.1, 0.15) is 0 Å². The lowest BCUT2D eigenvalue weighted by atomic mass is 10.2. The molecule has 0 bridgehead atoms. The second kappa shape index (κ2) is 11.4. The fourth-order valence-corrected chi connectivity index (χ4v) is 3.31. The highest BCUT2D eigenvalue weighted by Gasteiger charge is 2.18. The summed E-state index contributed by atoms with van der Waals surface area (Å²) in [4.78, 5) is 35.0.